The van der Waals surface area contributed by atoms with Crippen LogP contribution in [0.25, 0.3) is 0 Å². The molecule has 0 unspecified atom stereocenters. The van der Waals surface area contributed by atoms with Gasteiger partial charge in [-0.15, -0.1) is 0 Å². The second-order valence-corrected chi connectivity index (χ2v) is 4.12. The molecule has 0 aliphatic carbocycles. The molecule has 0 spiro atoms. The first-order valence-electron chi connectivity index (χ1n) is 6.34. The van der Waals surface area contributed by atoms with Crippen molar-refractivity contribution in [3.05, 3.63) is 29.8 Å². The van der Waals surface area contributed by atoms with E-state index in [-0.39, 0.29) is 5.91 Å². The Morgan fingerprint density at radius 2 is 2.00 bits per heavy atom. The van der Waals surface area contributed by atoms with Crippen molar-refractivity contribution in [2.75, 3.05) is 32.1 Å². The normalized spacial score (nSPS) is 10.3. The summed E-state index contributed by atoms with van der Waals surface area (Å²) >= 11 is 0. The highest BCUT2D eigenvalue weighted by Crippen LogP contribution is 2.09. The fraction of sp³-hybridized carbons (Fsp3) is 0.500. The molecule has 0 aromatic heterocycles. The smallest absolute Gasteiger partial charge is 0.238 e. The average Bonchev–Trinajstić information content (AvgIpc) is 2.39. The molecule has 0 radical (unpaired) electrons. The highest BCUT2D eigenvalue weighted by Gasteiger charge is 2.01. The Kier molecular flexibility index (Phi) is 7.06. The topological polar surface area (TPSA) is 50.4 Å². The minimum absolute atomic E-state index is 0.0170. The molecule has 0 saturated carbocycles. The summed E-state index contributed by atoms with van der Waals surface area (Å²) in [6.07, 6.45) is 1.92. The molecular weight excluding hydrogens is 228 g/mol. The third-order valence-corrected chi connectivity index (χ3v) is 2.63. The number of carbonyl (C=O) groups is 1. The Balaban J connectivity index is 2.22. The van der Waals surface area contributed by atoms with Crippen LogP contribution >= 0.6 is 0 Å². The van der Waals surface area contributed by atoms with Crippen molar-refractivity contribution < 1.29 is 9.53 Å². The Hall–Kier alpha value is -1.39. The fourth-order valence-electron chi connectivity index (χ4n) is 1.57. The predicted octanol–water partition coefficient (Wildman–Crippen LogP) is 1.81. The lowest BCUT2D eigenvalue weighted by atomic mass is 10.1. The van der Waals surface area contributed by atoms with Crippen molar-refractivity contribution in [1.29, 1.82) is 0 Å². The highest BCUT2D eigenvalue weighted by molar-refractivity contribution is 5.92. The number of aryl methyl sites for hydroxylation is 1. The van der Waals surface area contributed by atoms with E-state index in [0.29, 0.717) is 13.2 Å². The van der Waals surface area contributed by atoms with Gasteiger partial charge in [0.25, 0.3) is 0 Å². The summed E-state index contributed by atoms with van der Waals surface area (Å²) in [4.78, 5) is 11.6. The van der Waals surface area contributed by atoms with Crippen LogP contribution in [-0.2, 0) is 16.0 Å². The number of hydrogen-bond acceptors (Lipinski definition) is 3. The van der Waals surface area contributed by atoms with E-state index < -0.39 is 0 Å². The van der Waals surface area contributed by atoms with E-state index in [9.17, 15) is 4.79 Å². The molecule has 0 fully saturated rings. The number of rotatable bonds is 8. The van der Waals surface area contributed by atoms with Crippen LogP contribution in [0.1, 0.15) is 18.9 Å². The molecule has 18 heavy (non-hydrogen) atoms. The monoisotopic (exact) mass is 250 g/mol. The molecule has 0 bridgehead atoms. The van der Waals surface area contributed by atoms with Gasteiger partial charge in [0.15, 0.2) is 0 Å². The van der Waals surface area contributed by atoms with Crippen LogP contribution in [0.15, 0.2) is 24.3 Å². The van der Waals surface area contributed by atoms with Gasteiger partial charge >= 0.3 is 0 Å². The van der Waals surface area contributed by atoms with Crippen molar-refractivity contribution in [3.8, 4) is 0 Å². The Morgan fingerprint density at radius 1 is 1.28 bits per heavy atom. The summed E-state index contributed by atoms with van der Waals surface area (Å²) in [6.45, 7) is 3.94. The quantitative estimate of drug-likeness (QED) is 0.692. The minimum Gasteiger partial charge on any atom is -0.385 e. The van der Waals surface area contributed by atoms with Gasteiger partial charge in [0.2, 0.25) is 5.91 Å². The summed E-state index contributed by atoms with van der Waals surface area (Å²) in [5, 5.41) is 5.92. The molecule has 0 atom stereocenters. The van der Waals surface area contributed by atoms with E-state index in [0.717, 1.165) is 25.1 Å². The van der Waals surface area contributed by atoms with Crippen LogP contribution in [-0.4, -0.2) is 32.7 Å². The second kappa shape index (κ2) is 8.66. The van der Waals surface area contributed by atoms with Gasteiger partial charge in [0.1, 0.15) is 0 Å². The van der Waals surface area contributed by atoms with Crippen LogP contribution in [0.2, 0.25) is 0 Å². The first-order chi connectivity index (χ1) is 8.76. The lowest BCUT2D eigenvalue weighted by Gasteiger charge is -2.07. The van der Waals surface area contributed by atoms with Gasteiger partial charge in [-0.05, 0) is 37.1 Å². The maximum absolute atomic E-state index is 11.6. The SMILES string of the molecule is CCc1ccc(NC(=O)CNCCCOC)cc1. The van der Waals surface area contributed by atoms with E-state index >= 15 is 0 Å². The highest BCUT2D eigenvalue weighted by atomic mass is 16.5. The van der Waals surface area contributed by atoms with E-state index in [2.05, 4.69) is 17.6 Å². The molecule has 0 heterocycles. The summed E-state index contributed by atoms with van der Waals surface area (Å²) in [7, 11) is 1.67. The number of methoxy groups -OCH3 is 1. The van der Waals surface area contributed by atoms with Gasteiger partial charge in [-0.2, -0.15) is 0 Å². The molecular formula is C14H22N2O2. The van der Waals surface area contributed by atoms with E-state index in [1.807, 2.05) is 24.3 Å². The van der Waals surface area contributed by atoms with Crippen LogP contribution in [0.4, 0.5) is 5.69 Å². The molecule has 2 N–H and O–H groups in total. The van der Waals surface area contributed by atoms with Crippen LogP contribution in [0, 0.1) is 0 Å². The van der Waals surface area contributed by atoms with E-state index in [1.165, 1.54) is 5.56 Å². The minimum atomic E-state index is -0.0170. The molecule has 0 aliphatic rings. The van der Waals surface area contributed by atoms with Gasteiger partial charge in [-0.3, -0.25) is 4.79 Å². The van der Waals surface area contributed by atoms with E-state index in [1.54, 1.807) is 7.11 Å². The number of nitrogens with one attached hydrogen (secondary N) is 2. The summed E-state index contributed by atoms with van der Waals surface area (Å²) in [5.41, 5.74) is 2.11. The summed E-state index contributed by atoms with van der Waals surface area (Å²) in [5.74, 6) is -0.0170. The third kappa shape index (κ3) is 5.80. The number of amides is 1. The number of carbonyl (C=O) groups excluding carboxylic acids is 1. The third-order valence-electron chi connectivity index (χ3n) is 2.63. The lowest BCUT2D eigenvalue weighted by molar-refractivity contribution is -0.115. The average molecular weight is 250 g/mol. The standard InChI is InChI=1S/C14H22N2O2/c1-3-12-5-7-13(8-6-12)16-14(17)11-15-9-4-10-18-2/h5-8,15H,3-4,9-11H2,1-2H3,(H,16,17). The molecule has 1 amide bonds. The Morgan fingerprint density at radius 3 is 2.61 bits per heavy atom. The predicted molar refractivity (Wildman–Crippen MR) is 73.8 cm³/mol. The van der Waals surface area contributed by atoms with Crippen molar-refractivity contribution in [2.45, 2.75) is 19.8 Å². The fourth-order valence-corrected chi connectivity index (χ4v) is 1.57. The van der Waals surface area contributed by atoms with Crippen molar-refractivity contribution in [2.24, 2.45) is 0 Å². The number of anilines is 1. The van der Waals surface area contributed by atoms with Gasteiger partial charge in [0, 0.05) is 19.4 Å². The van der Waals surface area contributed by atoms with Crippen molar-refractivity contribution in [3.63, 3.8) is 0 Å². The molecule has 4 nitrogen and oxygen atoms in total. The second-order valence-electron chi connectivity index (χ2n) is 4.12. The molecule has 4 heteroatoms. The zero-order valence-electron chi connectivity index (χ0n) is 11.2. The zero-order valence-corrected chi connectivity index (χ0v) is 11.2. The van der Waals surface area contributed by atoms with Crippen LogP contribution in [0.3, 0.4) is 0 Å². The zero-order chi connectivity index (χ0) is 13.2. The number of benzene rings is 1. The van der Waals surface area contributed by atoms with Crippen LogP contribution < -0.4 is 10.6 Å². The number of ether oxygens (including phenoxy) is 1. The molecule has 100 valence electrons. The number of hydrogen-bond donors (Lipinski definition) is 2. The first-order valence-corrected chi connectivity index (χ1v) is 6.34. The lowest BCUT2D eigenvalue weighted by Crippen LogP contribution is -2.29. The largest absolute Gasteiger partial charge is 0.385 e. The van der Waals surface area contributed by atoms with E-state index in [4.69, 9.17) is 4.74 Å². The summed E-state index contributed by atoms with van der Waals surface area (Å²) < 4.78 is 4.93. The van der Waals surface area contributed by atoms with Gasteiger partial charge < -0.3 is 15.4 Å². The van der Waals surface area contributed by atoms with Crippen molar-refractivity contribution >= 4 is 11.6 Å². The molecule has 1 aromatic carbocycles. The maximum atomic E-state index is 11.6. The Bertz CT molecular complexity index is 349. The maximum Gasteiger partial charge on any atom is 0.238 e. The molecule has 1 aromatic rings. The Labute approximate surface area is 109 Å². The molecule has 0 saturated heterocycles. The van der Waals surface area contributed by atoms with Gasteiger partial charge in [-0.25, -0.2) is 0 Å². The van der Waals surface area contributed by atoms with Crippen molar-refractivity contribution in [1.82, 2.24) is 5.32 Å². The summed E-state index contributed by atoms with van der Waals surface area (Å²) in [6, 6.07) is 7.92. The van der Waals surface area contributed by atoms with Gasteiger partial charge in [0.05, 0.1) is 6.54 Å². The van der Waals surface area contributed by atoms with Gasteiger partial charge in [-0.1, -0.05) is 19.1 Å². The molecule has 1 rings (SSSR count). The first kappa shape index (κ1) is 14.7. The van der Waals surface area contributed by atoms with Crippen LogP contribution in [0.5, 0.6) is 0 Å². The molecule has 0 aliphatic heterocycles.